The molecule has 0 bridgehead atoms. The minimum Gasteiger partial charge on any atom is -0.322 e. The lowest BCUT2D eigenvalue weighted by atomic mass is 10.1. The number of rotatable bonds is 6. The Bertz CT molecular complexity index is 258. The molecule has 3 atom stereocenters. The van der Waals surface area contributed by atoms with Crippen molar-refractivity contribution in [2.45, 2.75) is 59.3 Å². The Morgan fingerprint density at radius 2 is 2.00 bits per heavy atom. The quantitative estimate of drug-likeness (QED) is 0.793. The summed E-state index contributed by atoms with van der Waals surface area (Å²) < 4.78 is 0. The third-order valence-corrected chi connectivity index (χ3v) is 4.43. The molecule has 3 unspecified atom stereocenters. The Labute approximate surface area is 110 Å². The first-order valence-electron chi connectivity index (χ1n) is 6.68. The molecule has 3 nitrogen and oxygen atoms in total. The SMILES string of the molecule is CCSCC(C)N1C(=O)C(CC)NC1C(C)C. The molecule has 1 saturated heterocycles. The maximum absolute atomic E-state index is 12.3. The fourth-order valence-corrected chi connectivity index (χ4v) is 3.08. The lowest BCUT2D eigenvalue weighted by molar-refractivity contribution is -0.132. The second kappa shape index (κ2) is 6.64. The van der Waals surface area contributed by atoms with E-state index in [1.54, 1.807) is 0 Å². The fraction of sp³-hybridized carbons (Fsp3) is 0.923. The molecule has 1 amide bonds. The van der Waals surface area contributed by atoms with Gasteiger partial charge in [0.15, 0.2) is 0 Å². The van der Waals surface area contributed by atoms with Gasteiger partial charge in [-0.1, -0.05) is 27.7 Å². The van der Waals surface area contributed by atoms with Gasteiger partial charge in [0.25, 0.3) is 0 Å². The van der Waals surface area contributed by atoms with Crippen molar-refractivity contribution < 1.29 is 4.79 Å². The molecule has 1 heterocycles. The predicted molar refractivity (Wildman–Crippen MR) is 75.1 cm³/mol. The molecule has 0 aliphatic carbocycles. The first kappa shape index (κ1) is 14.8. The Hall–Kier alpha value is -0.220. The molecule has 0 spiro atoms. The highest BCUT2D eigenvalue weighted by Gasteiger charge is 2.41. The summed E-state index contributed by atoms with van der Waals surface area (Å²) in [5.74, 6) is 2.90. The number of nitrogens with zero attached hydrogens (tertiary/aromatic N) is 1. The van der Waals surface area contributed by atoms with Crippen LogP contribution in [0.15, 0.2) is 0 Å². The number of hydrogen-bond donors (Lipinski definition) is 1. The Morgan fingerprint density at radius 1 is 1.35 bits per heavy atom. The third-order valence-electron chi connectivity index (χ3n) is 3.30. The second-order valence-corrected chi connectivity index (χ2v) is 6.39. The highest BCUT2D eigenvalue weighted by Crippen LogP contribution is 2.23. The molecular weight excluding hydrogens is 232 g/mol. The zero-order valence-corrected chi connectivity index (χ0v) is 12.5. The Kier molecular flexibility index (Phi) is 5.80. The monoisotopic (exact) mass is 258 g/mol. The predicted octanol–water partition coefficient (Wildman–Crippen LogP) is 2.32. The van der Waals surface area contributed by atoms with Crippen LogP contribution in [0.1, 0.15) is 41.0 Å². The van der Waals surface area contributed by atoms with Gasteiger partial charge in [-0.3, -0.25) is 10.1 Å². The van der Waals surface area contributed by atoms with Crippen LogP contribution in [-0.4, -0.2) is 40.6 Å². The minimum absolute atomic E-state index is 0.0245. The lowest BCUT2D eigenvalue weighted by Gasteiger charge is -2.32. The van der Waals surface area contributed by atoms with Crippen LogP contribution in [0, 0.1) is 5.92 Å². The van der Waals surface area contributed by atoms with Crippen molar-refractivity contribution in [3.05, 3.63) is 0 Å². The fourth-order valence-electron chi connectivity index (χ4n) is 2.34. The van der Waals surface area contributed by atoms with E-state index in [4.69, 9.17) is 0 Å². The normalized spacial score (nSPS) is 26.9. The molecule has 0 aromatic heterocycles. The second-order valence-electron chi connectivity index (χ2n) is 5.07. The number of carbonyl (C=O) groups excluding carboxylic acids is 1. The van der Waals surface area contributed by atoms with Gasteiger partial charge < -0.3 is 4.90 Å². The van der Waals surface area contributed by atoms with E-state index in [0.717, 1.165) is 17.9 Å². The van der Waals surface area contributed by atoms with Gasteiger partial charge in [-0.2, -0.15) is 11.8 Å². The van der Waals surface area contributed by atoms with Gasteiger partial charge >= 0.3 is 0 Å². The van der Waals surface area contributed by atoms with Gasteiger partial charge in [0.2, 0.25) is 5.91 Å². The molecule has 17 heavy (non-hydrogen) atoms. The van der Waals surface area contributed by atoms with Crippen molar-refractivity contribution in [1.29, 1.82) is 0 Å². The molecule has 1 aliphatic heterocycles. The summed E-state index contributed by atoms with van der Waals surface area (Å²) in [7, 11) is 0. The van der Waals surface area contributed by atoms with E-state index in [2.05, 4.69) is 44.8 Å². The van der Waals surface area contributed by atoms with Crippen molar-refractivity contribution in [2.24, 2.45) is 5.92 Å². The molecule has 1 N–H and O–H groups in total. The van der Waals surface area contributed by atoms with E-state index in [1.165, 1.54) is 0 Å². The summed E-state index contributed by atoms with van der Waals surface area (Å²) in [5.41, 5.74) is 0. The summed E-state index contributed by atoms with van der Waals surface area (Å²) in [6.07, 6.45) is 1.09. The molecule has 1 fully saturated rings. The minimum atomic E-state index is 0.0245. The third kappa shape index (κ3) is 3.38. The molecule has 0 saturated carbocycles. The summed E-state index contributed by atoms with van der Waals surface area (Å²) in [5, 5.41) is 3.46. The van der Waals surface area contributed by atoms with Crippen LogP contribution in [0.3, 0.4) is 0 Å². The number of thioether (sulfide) groups is 1. The van der Waals surface area contributed by atoms with Crippen molar-refractivity contribution in [2.75, 3.05) is 11.5 Å². The van der Waals surface area contributed by atoms with Crippen molar-refractivity contribution in [3.63, 3.8) is 0 Å². The topological polar surface area (TPSA) is 32.3 Å². The maximum Gasteiger partial charge on any atom is 0.241 e. The molecule has 1 aliphatic rings. The van der Waals surface area contributed by atoms with Crippen LogP contribution in [0.2, 0.25) is 0 Å². The first-order chi connectivity index (χ1) is 8.02. The van der Waals surface area contributed by atoms with Crippen LogP contribution in [0.4, 0.5) is 0 Å². The number of amides is 1. The van der Waals surface area contributed by atoms with E-state index in [0.29, 0.717) is 12.0 Å². The average molecular weight is 258 g/mol. The van der Waals surface area contributed by atoms with E-state index in [9.17, 15) is 4.79 Å². The number of hydrogen-bond acceptors (Lipinski definition) is 3. The molecule has 0 aromatic rings. The number of carbonyl (C=O) groups is 1. The van der Waals surface area contributed by atoms with Gasteiger partial charge in [0, 0.05) is 11.8 Å². The summed E-state index contributed by atoms with van der Waals surface area (Å²) in [6.45, 7) is 10.7. The molecule has 100 valence electrons. The van der Waals surface area contributed by atoms with Gasteiger partial charge in [-0.15, -0.1) is 0 Å². The average Bonchev–Trinajstić information content (AvgIpc) is 2.63. The maximum atomic E-state index is 12.3. The lowest BCUT2D eigenvalue weighted by Crippen LogP contribution is -2.47. The molecule has 0 radical (unpaired) electrons. The summed E-state index contributed by atoms with van der Waals surface area (Å²) in [4.78, 5) is 14.4. The van der Waals surface area contributed by atoms with Crippen LogP contribution in [0.5, 0.6) is 0 Å². The molecule has 4 heteroatoms. The van der Waals surface area contributed by atoms with Crippen LogP contribution >= 0.6 is 11.8 Å². The van der Waals surface area contributed by atoms with Gasteiger partial charge in [0.1, 0.15) is 0 Å². The largest absolute Gasteiger partial charge is 0.322 e. The highest BCUT2D eigenvalue weighted by atomic mass is 32.2. The molecule has 1 rings (SSSR count). The van der Waals surface area contributed by atoms with E-state index in [1.807, 2.05) is 11.8 Å². The van der Waals surface area contributed by atoms with Gasteiger partial charge in [0.05, 0.1) is 12.2 Å². The van der Waals surface area contributed by atoms with Crippen LogP contribution in [-0.2, 0) is 4.79 Å². The van der Waals surface area contributed by atoms with Crippen molar-refractivity contribution >= 4 is 17.7 Å². The van der Waals surface area contributed by atoms with Gasteiger partial charge in [-0.05, 0) is 25.0 Å². The first-order valence-corrected chi connectivity index (χ1v) is 7.84. The van der Waals surface area contributed by atoms with E-state index in [-0.39, 0.29) is 18.1 Å². The van der Waals surface area contributed by atoms with E-state index < -0.39 is 0 Å². The standard InChI is InChI=1S/C13H26N2OS/c1-6-11-13(16)15(10(5)8-17-7-2)12(14-11)9(3)4/h9-12,14H,6-8H2,1-5H3. The number of nitrogens with one attached hydrogen (secondary N) is 1. The zero-order chi connectivity index (χ0) is 13.0. The van der Waals surface area contributed by atoms with Crippen molar-refractivity contribution in [1.82, 2.24) is 10.2 Å². The van der Waals surface area contributed by atoms with Crippen molar-refractivity contribution in [3.8, 4) is 0 Å². The van der Waals surface area contributed by atoms with Gasteiger partial charge in [-0.25, -0.2) is 0 Å². The van der Waals surface area contributed by atoms with Crippen LogP contribution < -0.4 is 5.32 Å². The smallest absolute Gasteiger partial charge is 0.241 e. The van der Waals surface area contributed by atoms with E-state index >= 15 is 0 Å². The molecular formula is C13H26N2OS. The van der Waals surface area contributed by atoms with Crippen LogP contribution in [0.25, 0.3) is 0 Å². The Balaban J connectivity index is 2.73. The summed E-state index contributed by atoms with van der Waals surface area (Å²) >= 11 is 1.91. The highest BCUT2D eigenvalue weighted by molar-refractivity contribution is 7.99. The zero-order valence-electron chi connectivity index (χ0n) is 11.7. The summed E-state index contributed by atoms with van der Waals surface area (Å²) in [6, 6.07) is 0.348. The Morgan fingerprint density at radius 3 is 2.47 bits per heavy atom. The molecule has 0 aromatic carbocycles.